The molecule has 5 rings (SSSR count). The zero-order valence-corrected chi connectivity index (χ0v) is 18.5. The highest BCUT2D eigenvalue weighted by molar-refractivity contribution is 7.99. The molecule has 0 bridgehead atoms. The monoisotopic (exact) mass is 469 g/mol. The summed E-state index contributed by atoms with van der Waals surface area (Å²) in [6.07, 6.45) is 2.23. The molecule has 0 fully saturated rings. The normalized spacial score (nSPS) is 16.0. The number of aromatic nitrogens is 3. The molecular formula is C21H16ClN5O2S2. The molecular weight excluding hydrogens is 454 g/mol. The van der Waals surface area contributed by atoms with Crippen molar-refractivity contribution in [2.45, 2.75) is 17.6 Å². The van der Waals surface area contributed by atoms with E-state index in [0.717, 1.165) is 21.9 Å². The summed E-state index contributed by atoms with van der Waals surface area (Å²) in [6, 6.07) is 14.7. The van der Waals surface area contributed by atoms with Crippen LogP contribution in [0.5, 0.6) is 0 Å². The number of rotatable bonds is 6. The molecule has 4 aromatic rings. The minimum atomic E-state index is -0.253. The van der Waals surface area contributed by atoms with Crippen LogP contribution in [-0.4, -0.2) is 37.6 Å². The summed E-state index contributed by atoms with van der Waals surface area (Å²) in [7, 11) is 0. The van der Waals surface area contributed by atoms with Crippen molar-refractivity contribution in [3.8, 4) is 11.4 Å². The van der Waals surface area contributed by atoms with Crippen molar-refractivity contribution in [3.05, 3.63) is 75.8 Å². The number of thiophene rings is 1. The average Bonchev–Trinajstić information content (AvgIpc) is 3.58. The second-order valence-corrected chi connectivity index (χ2v) is 9.09. The molecule has 31 heavy (non-hydrogen) atoms. The third-order valence-electron chi connectivity index (χ3n) is 4.75. The Hall–Kier alpha value is -2.88. The van der Waals surface area contributed by atoms with Crippen LogP contribution in [0.25, 0.3) is 11.4 Å². The van der Waals surface area contributed by atoms with Gasteiger partial charge in [0.15, 0.2) is 5.82 Å². The van der Waals surface area contributed by atoms with E-state index in [1.165, 1.54) is 16.8 Å². The Morgan fingerprint density at radius 2 is 2.13 bits per heavy atom. The van der Waals surface area contributed by atoms with Gasteiger partial charge in [0, 0.05) is 17.0 Å². The molecule has 1 N–H and O–H groups in total. The molecule has 10 heteroatoms. The fourth-order valence-corrected chi connectivity index (χ4v) is 4.77. The maximum Gasteiger partial charge on any atom is 0.253 e. The summed E-state index contributed by atoms with van der Waals surface area (Å²) in [4.78, 5) is 18.6. The lowest BCUT2D eigenvalue weighted by atomic mass is 10.1. The fraction of sp³-hybridized carbons (Fsp3) is 0.143. The van der Waals surface area contributed by atoms with E-state index in [0.29, 0.717) is 22.4 Å². The van der Waals surface area contributed by atoms with E-state index in [2.05, 4.69) is 20.3 Å². The van der Waals surface area contributed by atoms with Crippen molar-refractivity contribution in [3.63, 3.8) is 0 Å². The Balaban J connectivity index is 1.30. The highest BCUT2D eigenvalue weighted by Gasteiger charge is 2.35. The van der Waals surface area contributed by atoms with Gasteiger partial charge in [-0.05, 0) is 47.8 Å². The van der Waals surface area contributed by atoms with Crippen LogP contribution in [-0.2, 0) is 4.79 Å². The van der Waals surface area contributed by atoms with E-state index in [1.54, 1.807) is 29.7 Å². The molecule has 7 nitrogen and oxygen atoms in total. The first-order valence-corrected chi connectivity index (χ1v) is 11.7. The molecule has 1 aliphatic rings. The Bertz CT molecular complexity index is 1200. The summed E-state index contributed by atoms with van der Waals surface area (Å²) in [5.74, 6) is 1.38. The predicted molar refractivity (Wildman–Crippen MR) is 121 cm³/mol. The van der Waals surface area contributed by atoms with Gasteiger partial charge in [0.05, 0.1) is 22.6 Å². The minimum absolute atomic E-state index is 0.129. The lowest BCUT2D eigenvalue weighted by molar-refractivity contribution is -0.130. The molecule has 0 spiro atoms. The maximum atomic E-state index is 13.0. The van der Waals surface area contributed by atoms with E-state index in [9.17, 15) is 4.79 Å². The lowest BCUT2D eigenvalue weighted by Crippen LogP contribution is -2.28. The molecule has 1 amide bonds. The molecule has 1 aromatic carbocycles. The Labute approximate surface area is 191 Å². The topological polar surface area (TPSA) is 87.4 Å². The number of carbonyl (C=O) groups excluding carboxylic acids is 1. The average molecular weight is 470 g/mol. The number of hydrazone groups is 1. The van der Waals surface area contributed by atoms with Crippen LogP contribution < -0.4 is 0 Å². The number of hydrogen-bond donors (Lipinski definition) is 1. The SMILES string of the molecule is O=C(CSc1n[nH]c(-c2ccc(Cl)cc2)n1)N1N=C(c2cccs2)CC1c1ccco1. The number of benzene rings is 1. The highest BCUT2D eigenvalue weighted by atomic mass is 35.5. The maximum absolute atomic E-state index is 13.0. The summed E-state index contributed by atoms with van der Waals surface area (Å²) in [5, 5.41) is 16.4. The van der Waals surface area contributed by atoms with Gasteiger partial charge < -0.3 is 4.42 Å². The third-order valence-corrected chi connectivity index (χ3v) is 6.75. The van der Waals surface area contributed by atoms with Gasteiger partial charge in [-0.15, -0.1) is 16.4 Å². The smallest absolute Gasteiger partial charge is 0.253 e. The second kappa shape index (κ2) is 8.70. The molecule has 3 aromatic heterocycles. The first kappa shape index (κ1) is 20.0. The number of nitrogens with zero attached hydrogens (tertiary/aromatic N) is 4. The van der Waals surface area contributed by atoms with Crippen LogP contribution in [0.15, 0.2) is 74.8 Å². The fourth-order valence-electron chi connectivity index (χ4n) is 3.27. The second-order valence-electron chi connectivity index (χ2n) is 6.76. The number of H-pyrrole nitrogens is 1. The molecule has 1 unspecified atom stereocenters. The van der Waals surface area contributed by atoms with E-state index >= 15 is 0 Å². The molecule has 4 heterocycles. The highest BCUT2D eigenvalue weighted by Crippen LogP contribution is 2.34. The Kier molecular flexibility index (Phi) is 5.63. The molecule has 0 aliphatic carbocycles. The molecule has 0 radical (unpaired) electrons. The summed E-state index contributed by atoms with van der Waals surface area (Å²) < 4.78 is 5.58. The van der Waals surface area contributed by atoms with E-state index in [-0.39, 0.29) is 17.7 Å². The molecule has 156 valence electrons. The molecule has 1 aliphatic heterocycles. The van der Waals surface area contributed by atoms with E-state index in [4.69, 9.17) is 16.0 Å². The number of amides is 1. The number of hydrogen-bond acceptors (Lipinski definition) is 7. The van der Waals surface area contributed by atoms with Gasteiger partial charge in [-0.3, -0.25) is 9.89 Å². The Morgan fingerprint density at radius 3 is 2.87 bits per heavy atom. The standard InChI is InChI=1S/C21H16ClN5O2S2/c22-14-7-5-13(6-8-14)20-23-21(25-24-20)31-12-19(28)27-16(17-3-1-9-29-17)11-15(26-27)18-4-2-10-30-18/h1-10,16H,11-12H2,(H,23,24,25). The lowest BCUT2D eigenvalue weighted by Gasteiger charge is -2.19. The first-order valence-electron chi connectivity index (χ1n) is 9.45. The minimum Gasteiger partial charge on any atom is -0.467 e. The van der Waals surface area contributed by atoms with Crippen molar-refractivity contribution in [1.29, 1.82) is 0 Å². The number of aromatic amines is 1. The van der Waals surface area contributed by atoms with Crippen molar-refractivity contribution < 1.29 is 9.21 Å². The Morgan fingerprint density at radius 1 is 1.26 bits per heavy atom. The van der Waals surface area contributed by atoms with Crippen LogP contribution in [0.2, 0.25) is 5.02 Å². The van der Waals surface area contributed by atoms with Crippen LogP contribution in [0.4, 0.5) is 0 Å². The quantitative estimate of drug-likeness (QED) is 0.390. The van der Waals surface area contributed by atoms with Crippen molar-refractivity contribution in [2.75, 3.05) is 5.75 Å². The van der Waals surface area contributed by atoms with Crippen LogP contribution in [0.1, 0.15) is 23.1 Å². The third kappa shape index (κ3) is 4.30. The first-order chi connectivity index (χ1) is 15.2. The summed E-state index contributed by atoms with van der Waals surface area (Å²) >= 11 is 8.81. The van der Waals surface area contributed by atoms with Crippen LogP contribution in [0, 0.1) is 0 Å². The number of nitrogens with one attached hydrogen (secondary N) is 1. The van der Waals surface area contributed by atoms with E-state index < -0.39 is 0 Å². The molecule has 1 atom stereocenters. The zero-order chi connectivity index (χ0) is 21.2. The van der Waals surface area contributed by atoms with Crippen molar-refractivity contribution >= 4 is 46.3 Å². The van der Waals surface area contributed by atoms with Gasteiger partial charge in [-0.25, -0.2) is 9.99 Å². The van der Waals surface area contributed by atoms with Crippen LogP contribution >= 0.6 is 34.7 Å². The summed E-state index contributed by atoms with van der Waals surface area (Å²) in [5.41, 5.74) is 1.76. The number of carbonyl (C=O) groups is 1. The van der Waals surface area contributed by atoms with Crippen molar-refractivity contribution in [1.82, 2.24) is 20.2 Å². The summed E-state index contributed by atoms with van der Waals surface area (Å²) in [6.45, 7) is 0. The van der Waals surface area contributed by atoms with Gasteiger partial charge in [-0.2, -0.15) is 5.10 Å². The number of furan rings is 1. The largest absolute Gasteiger partial charge is 0.467 e. The van der Waals surface area contributed by atoms with Gasteiger partial charge in [-0.1, -0.05) is 29.4 Å². The van der Waals surface area contributed by atoms with Gasteiger partial charge in [0.2, 0.25) is 5.16 Å². The van der Waals surface area contributed by atoms with Crippen molar-refractivity contribution in [2.24, 2.45) is 5.10 Å². The van der Waals surface area contributed by atoms with Gasteiger partial charge >= 0.3 is 0 Å². The molecule has 0 saturated heterocycles. The predicted octanol–water partition coefficient (Wildman–Crippen LogP) is 5.25. The van der Waals surface area contributed by atoms with Gasteiger partial charge in [0.1, 0.15) is 11.8 Å². The zero-order valence-electron chi connectivity index (χ0n) is 16.1. The van der Waals surface area contributed by atoms with Gasteiger partial charge in [0.25, 0.3) is 5.91 Å². The number of halogens is 1. The number of thioether (sulfide) groups is 1. The van der Waals surface area contributed by atoms with E-state index in [1.807, 2.05) is 41.8 Å². The van der Waals surface area contributed by atoms with Crippen LogP contribution in [0.3, 0.4) is 0 Å². The molecule has 0 saturated carbocycles.